The first-order valence-corrected chi connectivity index (χ1v) is 12.7. The number of halogens is 6. The second-order valence-electron chi connectivity index (χ2n) is 9.52. The Bertz CT molecular complexity index is 1020. The number of benzene rings is 2. The van der Waals surface area contributed by atoms with Gasteiger partial charge in [0.05, 0.1) is 13.2 Å². The Morgan fingerprint density at radius 3 is 1.89 bits per heavy atom. The van der Waals surface area contributed by atoms with E-state index in [1.54, 1.807) is 19.1 Å². The number of rotatable bonds is 13. The Balaban J connectivity index is 2.26. The Hall–Kier alpha value is -2.30. The molecule has 0 saturated heterocycles. The van der Waals surface area contributed by atoms with Gasteiger partial charge in [0.15, 0.2) is 5.92 Å². The van der Waals surface area contributed by atoms with Crippen molar-refractivity contribution < 1.29 is 46.4 Å². The Labute approximate surface area is 219 Å². The maximum Gasteiger partial charge on any atom is 0.403 e. The minimum absolute atomic E-state index is 0.131. The summed E-state index contributed by atoms with van der Waals surface area (Å²) in [6, 6.07) is 10.8. The van der Waals surface area contributed by atoms with Crippen LogP contribution in [0.5, 0.6) is 5.75 Å². The topological polar surface area (TPSA) is 69.9 Å². The molecule has 0 spiro atoms. The molecule has 1 atom stereocenters. The number of aliphatic hydroxyl groups excluding tert-OH is 3. The van der Waals surface area contributed by atoms with Crippen molar-refractivity contribution in [3.63, 3.8) is 0 Å². The van der Waals surface area contributed by atoms with Gasteiger partial charge < -0.3 is 20.1 Å². The molecule has 4 nitrogen and oxygen atoms in total. The molecule has 3 N–H and O–H groups in total. The minimum Gasteiger partial charge on any atom is -0.491 e. The third kappa shape index (κ3) is 7.64. The fourth-order valence-corrected chi connectivity index (χ4v) is 4.90. The molecular weight excluding hydrogens is 514 g/mol. The highest BCUT2D eigenvalue weighted by Crippen LogP contribution is 2.42. The Morgan fingerprint density at radius 2 is 1.39 bits per heavy atom. The number of aryl methyl sites for hydroxylation is 2. The van der Waals surface area contributed by atoms with Gasteiger partial charge in [0.2, 0.25) is 0 Å². The molecule has 0 radical (unpaired) electrons. The van der Waals surface area contributed by atoms with Crippen molar-refractivity contribution in [1.82, 2.24) is 0 Å². The number of aliphatic hydroxyl groups is 3. The summed E-state index contributed by atoms with van der Waals surface area (Å²) in [6.07, 6.45) is -10.7. The molecule has 0 heterocycles. The van der Waals surface area contributed by atoms with E-state index >= 15 is 0 Å². The molecule has 0 saturated carbocycles. The first kappa shape index (κ1) is 31.9. The summed E-state index contributed by atoms with van der Waals surface area (Å²) < 4.78 is 82.8. The molecule has 214 valence electrons. The van der Waals surface area contributed by atoms with Gasteiger partial charge in [0.1, 0.15) is 18.5 Å². The van der Waals surface area contributed by atoms with Crippen LogP contribution in [0.3, 0.4) is 0 Å². The minimum atomic E-state index is -5.66. The van der Waals surface area contributed by atoms with E-state index in [1.807, 2.05) is 18.2 Å². The van der Waals surface area contributed by atoms with E-state index in [0.717, 1.165) is 30.4 Å². The lowest BCUT2D eigenvalue weighted by Gasteiger charge is -2.33. The molecule has 0 aliphatic heterocycles. The highest BCUT2D eigenvalue weighted by atomic mass is 19.4. The van der Waals surface area contributed by atoms with Crippen LogP contribution in [-0.2, 0) is 31.5 Å². The van der Waals surface area contributed by atoms with Gasteiger partial charge in [-0.3, -0.25) is 0 Å². The number of alkyl halides is 6. The predicted octanol–water partition coefficient (Wildman–Crippen LogP) is 6.40. The lowest BCUT2D eigenvalue weighted by molar-refractivity contribution is -0.308. The summed E-state index contributed by atoms with van der Waals surface area (Å²) >= 11 is 0. The molecule has 2 rings (SSSR count). The summed E-state index contributed by atoms with van der Waals surface area (Å²) in [6.45, 7) is 4.41. The Morgan fingerprint density at radius 1 is 0.789 bits per heavy atom. The normalized spacial score (nSPS) is 13.7. The number of hydrogen-bond donors (Lipinski definition) is 3. The Kier molecular flexibility index (Phi) is 11.1. The molecule has 2 aromatic rings. The maximum absolute atomic E-state index is 12.9. The third-order valence-electron chi connectivity index (χ3n) is 7.41. The maximum atomic E-state index is 12.9. The largest absolute Gasteiger partial charge is 0.491 e. The predicted molar refractivity (Wildman–Crippen MR) is 132 cm³/mol. The molecule has 10 heteroatoms. The molecular formula is C28H36F6O4. The van der Waals surface area contributed by atoms with E-state index in [2.05, 4.69) is 13.8 Å². The van der Waals surface area contributed by atoms with Crippen LogP contribution < -0.4 is 4.74 Å². The summed E-state index contributed by atoms with van der Waals surface area (Å²) in [7, 11) is 0. The van der Waals surface area contributed by atoms with Crippen LogP contribution in [0.1, 0.15) is 67.9 Å². The molecule has 38 heavy (non-hydrogen) atoms. The van der Waals surface area contributed by atoms with Gasteiger partial charge in [-0.25, -0.2) is 0 Å². The highest BCUT2D eigenvalue weighted by molar-refractivity contribution is 5.41. The molecule has 0 amide bonds. The highest BCUT2D eigenvalue weighted by Gasteiger charge is 2.60. The average Bonchev–Trinajstić information content (AvgIpc) is 2.86. The van der Waals surface area contributed by atoms with Gasteiger partial charge in [0, 0.05) is 0 Å². The van der Waals surface area contributed by atoms with Crippen LogP contribution in [0.25, 0.3) is 0 Å². The van der Waals surface area contributed by atoms with Crippen molar-refractivity contribution in [2.45, 2.75) is 90.0 Å². The number of ether oxygens (including phenoxy) is 1. The lowest BCUT2D eigenvalue weighted by atomic mass is 9.71. The van der Waals surface area contributed by atoms with Crippen LogP contribution in [0.15, 0.2) is 36.4 Å². The quantitative estimate of drug-likeness (QED) is 0.252. The second-order valence-corrected chi connectivity index (χ2v) is 9.52. The molecule has 2 aromatic carbocycles. The molecule has 0 aromatic heterocycles. The average molecular weight is 551 g/mol. The fourth-order valence-electron chi connectivity index (χ4n) is 4.90. The molecule has 0 aliphatic rings. The monoisotopic (exact) mass is 550 g/mol. The van der Waals surface area contributed by atoms with Gasteiger partial charge in [-0.05, 0) is 71.4 Å². The van der Waals surface area contributed by atoms with Gasteiger partial charge >= 0.3 is 12.4 Å². The van der Waals surface area contributed by atoms with E-state index in [4.69, 9.17) is 4.74 Å². The van der Waals surface area contributed by atoms with Crippen molar-refractivity contribution in [2.75, 3.05) is 6.61 Å². The third-order valence-corrected chi connectivity index (χ3v) is 7.41. The standard InChI is InChI=1S/C28H36F6O4/c1-4-19-14-22(9-10-24(19)38-17-23(37)25(27(29,30)31)28(32,33)34)26(5-2,6-3)12-11-18-7-8-20(15-35)21(13-18)16-36/h7-10,13-14,23,25,35-37H,4-6,11-12,15-17H2,1-3H3. The van der Waals surface area contributed by atoms with Crippen molar-refractivity contribution >= 4 is 0 Å². The van der Waals surface area contributed by atoms with E-state index in [9.17, 15) is 41.7 Å². The van der Waals surface area contributed by atoms with Crippen molar-refractivity contribution in [1.29, 1.82) is 0 Å². The molecule has 1 unspecified atom stereocenters. The summed E-state index contributed by atoms with van der Waals surface area (Å²) in [4.78, 5) is 0. The summed E-state index contributed by atoms with van der Waals surface area (Å²) in [5, 5.41) is 28.7. The summed E-state index contributed by atoms with van der Waals surface area (Å²) in [5.74, 6) is -3.77. The van der Waals surface area contributed by atoms with Gasteiger partial charge in [-0.1, -0.05) is 51.1 Å². The van der Waals surface area contributed by atoms with Crippen LogP contribution in [0.2, 0.25) is 0 Å². The molecule has 0 bridgehead atoms. The van der Waals surface area contributed by atoms with E-state index in [0.29, 0.717) is 29.5 Å². The van der Waals surface area contributed by atoms with Gasteiger partial charge in [-0.15, -0.1) is 0 Å². The smallest absolute Gasteiger partial charge is 0.403 e. The van der Waals surface area contributed by atoms with E-state index in [-0.39, 0.29) is 24.4 Å². The van der Waals surface area contributed by atoms with E-state index < -0.39 is 31.0 Å². The van der Waals surface area contributed by atoms with Crippen molar-refractivity contribution in [3.05, 3.63) is 64.2 Å². The van der Waals surface area contributed by atoms with Gasteiger partial charge in [0.25, 0.3) is 0 Å². The zero-order chi connectivity index (χ0) is 28.7. The van der Waals surface area contributed by atoms with Crippen LogP contribution >= 0.6 is 0 Å². The van der Waals surface area contributed by atoms with E-state index in [1.165, 1.54) is 6.07 Å². The summed E-state index contributed by atoms with van der Waals surface area (Å²) in [5.41, 5.74) is 3.68. The van der Waals surface area contributed by atoms with Crippen molar-refractivity contribution in [3.8, 4) is 5.75 Å². The first-order chi connectivity index (χ1) is 17.8. The lowest BCUT2D eigenvalue weighted by Crippen LogP contribution is -2.47. The molecule has 0 aliphatic carbocycles. The first-order valence-electron chi connectivity index (χ1n) is 12.7. The zero-order valence-corrected chi connectivity index (χ0v) is 21.8. The zero-order valence-electron chi connectivity index (χ0n) is 21.8. The second kappa shape index (κ2) is 13.2. The van der Waals surface area contributed by atoms with Crippen molar-refractivity contribution in [2.24, 2.45) is 5.92 Å². The molecule has 0 fully saturated rings. The van der Waals surface area contributed by atoms with Crippen LogP contribution in [-0.4, -0.2) is 40.4 Å². The van der Waals surface area contributed by atoms with Crippen LogP contribution in [0, 0.1) is 5.92 Å². The van der Waals surface area contributed by atoms with Gasteiger partial charge in [-0.2, -0.15) is 26.3 Å². The fraction of sp³-hybridized carbons (Fsp3) is 0.571. The van der Waals surface area contributed by atoms with Crippen LogP contribution in [0.4, 0.5) is 26.3 Å². The number of hydrogen-bond acceptors (Lipinski definition) is 4. The SMILES string of the molecule is CCc1cc(C(CC)(CC)CCc2ccc(CO)c(CO)c2)ccc1OCC(O)C(C(F)(F)F)C(F)(F)F.